The van der Waals surface area contributed by atoms with Gasteiger partial charge in [0.15, 0.2) is 0 Å². The number of ether oxygens (including phenoxy) is 1. The summed E-state index contributed by atoms with van der Waals surface area (Å²) in [6.45, 7) is 7.00. The fourth-order valence-corrected chi connectivity index (χ4v) is 2.84. The van der Waals surface area contributed by atoms with Gasteiger partial charge in [0.05, 0.1) is 0 Å². The van der Waals surface area contributed by atoms with Crippen molar-refractivity contribution in [2.45, 2.75) is 51.1 Å². The number of hydrogen-bond acceptors (Lipinski definition) is 3. The van der Waals surface area contributed by atoms with Crippen LogP contribution in [-0.2, 0) is 4.74 Å². The van der Waals surface area contributed by atoms with Crippen molar-refractivity contribution in [2.24, 2.45) is 5.92 Å². The van der Waals surface area contributed by atoms with Crippen LogP contribution in [0.25, 0.3) is 0 Å². The summed E-state index contributed by atoms with van der Waals surface area (Å²) in [5.74, 6) is 0.974. The van der Waals surface area contributed by atoms with Crippen molar-refractivity contribution in [3.05, 3.63) is 0 Å². The molecule has 3 heteroatoms. The minimum atomic E-state index is 0.744. The lowest BCUT2D eigenvalue weighted by atomic mass is 10.1. The molecule has 2 rings (SSSR count). The summed E-state index contributed by atoms with van der Waals surface area (Å²) in [7, 11) is 1.79. The third-order valence-electron chi connectivity index (χ3n) is 4.26. The number of rotatable bonds is 6. The highest BCUT2D eigenvalue weighted by Crippen LogP contribution is 2.34. The Labute approximate surface area is 106 Å². The Morgan fingerprint density at radius 3 is 2.76 bits per heavy atom. The second-order valence-electron chi connectivity index (χ2n) is 5.73. The number of nitrogens with zero attached hydrogens (tertiary/aromatic N) is 1. The molecule has 0 amide bonds. The Balaban J connectivity index is 1.75. The first-order chi connectivity index (χ1) is 8.31. The first-order valence-electron chi connectivity index (χ1n) is 7.27. The van der Waals surface area contributed by atoms with Gasteiger partial charge < -0.3 is 10.1 Å². The zero-order chi connectivity index (χ0) is 12.1. The van der Waals surface area contributed by atoms with Crippen LogP contribution in [0, 0.1) is 5.92 Å². The Bertz CT molecular complexity index is 218. The molecule has 0 aromatic heterocycles. The van der Waals surface area contributed by atoms with Gasteiger partial charge in [-0.25, -0.2) is 0 Å². The van der Waals surface area contributed by atoms with E-state index in [0.717, 1.165) is 24.6 Å². The highest BCUT2D eigenvalue weighted by molar-refractivity contribution is 4.91. The largest absolute Gasteiger partial charge is 0.385 e. The van der Waals surface area contributed by atoms with E-state index >= 15 is 0 Å². The maximum atomic E-state index is 5.12. The third-order valence-corrected chi connectivity index (χ3v) is 4.26. The SMILES string of the molecule is COCCCCN1CC(C2CC2)NCCC1C. The minimum Gasteiger partial charge on any atom is -0.385 e. The number of unbranched alkanes of at least 4 members (excludes halogenated alkanes) is 1. The smallest absolute Gasteiger partial charge is 0.0462 e. The lowest BCUT2D eigenvalue weighted by Crippen LogP contribution is -2.41. The van der Waals surface area contributed by atoms with Crippen LogP contribution in [0.15, 0.2) is 0 Å². The molecule has 2 atom stereocenters. The third kappa shape index (κ3) is 4.23. The molecule has 1 N–H and O–H groups in total. The molecule has 1 aliphatic heterocycles. The lowest BCUT2D eigenvalue weighted by molar-refractivity contribution is 0.167. The first-order valence-corrected chi connectivity index (χ1v) is 7.27. The molecule has 0 radical (unpaired) electrons. The van der Waals surface area contributed by atoms with E-state index in [1.807, 2.05) is 0 Å². The predicted octanol–water partition coefficient (Wildman–Crippen LogP) is 1.88. The molecule has 1 aliphatic carbocycles. The van der Waals surface area contributed by atoms with Crippen LogP contribution < -0.4 is 5.32 Å². The van der Waals surface area contributed by atoms with Gasteiger partial charge in [0.2, 0.25) is 0 Å². The van der Waals surface area contributed by atoms with Gasteiger partial charge in [-0.3, -0.25) is 4.90 Å². The monoisotopic (exact) mass is 240 g/mol. The van der Waals surface area contributed by atoms with Crippen molar-refractivity contribution in [3.63, 3.8) is 0 Å². The summed E-state index contributed by atoms with van der Waals surface area (Å²) in [6, 6.07) is 1.51. The molecule has 17 heavy (non-hydrogen) atoms. The lowest BCUT2D eigenvalue weighted by Gasteiger charge is -2.29. The standard InChI is InChI=1S/C14H28N2O/c1-12-7-8-15-14(13-5-6-13)11-16(12)9-3-4-10-17-2/h12-15H,3-11H2,1-2H3. The van der Waals surface area contributed by atoms with Crippen molar-refractivity contribution in [1.82, 2.24) is 10.2 Å². The summed E-state index contributed by atoms with van der Waals surface area (Å²) >= 11 is 0. The van der Waals surface area contributed by atoms with E-state index in [1.54, 1.807) is 7.11 Å². The maximum Gasteiger partial charge on any atom is 0.0462 e. The second kappa shape index (κ2) is 6.72. The predicted molar refractivity (Wildman–Crippen MR) is 71.3 cm³/mol. The Morgan fingerprint density at radius 2 is 2.06 bits per heavy atom. The van der Waals surface area contributed by atoms with Gasteiger partial charge in [-0.05, 0) is 58.0 Å². The Morgan fingerprint density at radius 1 is 1.24 bits per heavy atom. The first kappa shape index (κ1) is 13.3. The Kier molecular flexibility index (Phi) is 5.26. The van der Waals surface area contributed by atoms with Gasteiger partial charge in [-0.1, -0.05) is 0 Å². The zero-order valence-electron chi connectivity index (χ0n) is 11.5. The van der Waals surface area contributed by atoms with Crippen LogP contribution >= 0.6 is 0 Å². The highest BCUT2D eigenvalue weighted by Gasteiger charge is 2.34. The quantitative estimate of drug-likeness (QED) is 0.717. The maximum absolute atomic E-state index is 5.12. The minimum absolute atomic E-state index is 0.744. The zero-order valence-corrected chi connectivity index (χ0v) is 11.5. The average molecular weight is 240 g/mol. The topological polar surface area (TPSA) is 24.5 Å². The number of nitrogens with one attached hydrogen (secondary N) is 1. The molecule has 1 heterocycles. The number of hydrogen-bond donors (Lipinski definition) is 1. The summed E-state index contributed by atoms with van der Waals surface area (Å²) in [4.78, 5) is 2.69. The molecule has 0 bridgehead atoms. The van der Waals surface area contributed by atoms with Crippen molar-refractivity contribution in [3.8, 4) is 0 Å². The highest BCUT2D eigenvalue weighted by atomic mass is 16.5. The summed E-state index contributed by atoms with van der Waals surface area (Å²) in [5.41, 5.74) is 0. The van der Waals surface area contributed by atoms with Crippen molar-refractivity contribution in [1.29, 1.82) is 0 Å². The average Bonchev–Trinajstić information content (AvgIpc) is 3.13. The molecule has 0 aromatic carbocycles. The molecule has 2 unspecified atom stereocenters. The van der Waals surface area contributed by atoms with Crippen LogP contribution in [0.1, 0.15) is 39.0 Å². The molecular formula is C14H28N2O. The molecule has 0 aromatic rings. The van der Waals surface area contributed by atoms with Gasteiger partial charge in [0, 0.05) is 32.3 Å². The molecule has 1 saturated heterocycles. The summed E-state index contributed by atoms with van der Waals surface area (Å²) in [6.07, 6.45) is 6.66. The van der Waals surface area contributed by atoms with E-state index in [2.05, 4.69) is 17.1 Å². The molecule has 2 fully saturated rings. The van der Waals surface area contributed by atoms with E-state index < -0.39 is 0 Å². The van der Waals surface area contributed by atoms with Crippen LogP contribution in [0.3, 0.4) is 0 Å². The molecule has 1 saturated carbocycles. The molecule has 2 aliphatic rings. The molecule has 3 nitrogen and oxygen atoms in total. The van der Waals surface area contributed by atoms with Crippen LogP contribution in [0.4, 0.5) is 0 Å². The fourth-order valence-electron chi connectivity index (χ4n) is 2.84. The van der Waals surface area contributed by atoms with Crippen LogP contribution in [-0.4, -0.2) is 50.3 Å². The van der Waals surface area contributed by atoms with E-state index in [4.69, 9.17) is 4.74 Å². The Hall–Kier alpha value is -0.120. The van der Waals surface area contributed by atoms with E-state index in [9.17, 15) is 0 Å². The van der Waals surface area contributed by atoms with Crippen LogP contribution in [0.5, 0.6) is 0 Å². The van der Waals surface area contributed by atoms with Gasteiger partial charge >= 0.3 is 0 Å². The van der Waals surface area contributed by atoms with Gasteiger partial charge in [0.1, 0.15) is 0 Å². The van der Waals surface area contributed by atoms with Gasteiger partial charge in [0.25, 0.3) is 0 Å². The second-order valence-corrected chi connectivity index (χ2v) is 5.73. The van der Waals surface area contributed by atoms with E-state index in [-0.39, 0.29) is 0 Å². The molecular weight excluding hydrogens is 212 g/mol. The number of methoxy groups -OCH3 is 1. The van der Waals surface area contributed by atoms with E-state index in [1.165, 1.54) is 51.7 Å². The summed E-state index contributed by atoms with van der Waals surface area (Å²) < 4.78 is 5.12. The van der Waals surface area contributed by atoms with Crippen molar-refractivity contribution < 1.29 is 4.74 Å². The van der Waals surface area contributed by atoms with Gasteiger partial charge in [-0.15, -0.1) is 0 Å². The van der Waals surface area contributed by atoms with Gasteiger partial charge in [-0.2, -0.15) is 0 Å². The molecule has 0 spiro atoms. The van der Waals surface area contributed by atoms with Crippen molar-refractivity contribution >= 4 is 0 Å². The normalized spacial score (nSPS) is 31.4. The van der Waals surface area contributed by atoms with Crippen LogP contribution in [0.2, 0.25) is 0 Å². The van der Waals surface area contributed by atoms with E-state index in [0.29, 0.717) is 0 Å². The van der Waals surface area contributed by atoms with Crippen molar-refractivity contribution in [2.75, 3.05) is 33.4 Å². The summed E-state index contributed by atoms with van der Waals surface area (Å²) in [5, 5.41) is 3.74. The molecule has 100 valence electrons. The fraction of sp³-hybridized carbons (Fsp3) is 1.00.